The lowest BCUT2D eigenvalue weighted by atomic mass is 10.1. The molecule has 0 atom stereocenters. The van der Waals surface area contributed by atoms with Crippen molar-refractivity contribution in [3.8, 4) is 11.3 Å². The number of rotatable bonds is 3. The molecular weight excluding hydrogens is 216 g/mol. The van der Waals surface area contributed by atoms with Crippen molar-refractivity contribution in [2.24, 2.45) is 0 Å². The minimum absolute atomic E-state index is 0.116. The molecule has 0 unspecified atom stereocenters. The van der Waals surface area contributed by atoms with Crippen molar-refractivity contribution in [1.29, 1.82) is 0 Å². The normalized spacial score (nSPS) is 10.5. The molecular formula is C14H14O3. The molecule has 1 heterocycles. The van der Waals surface area contributed by atoms with Gasteiger partial charge in [-0.2, -0.15) is 0 Å². The van der Waals surface area contributed by atoms with E-state index in [4.69, 9.17) is 9.15 Å². The number of benzene rings is 1. The molecule has 17 heavy (non-hydrogen) atoms. The third-order valence-electron chi connectivity index (χ3n) is 2.25. The highest BCUT2D eigenvalue weighted by molar-refractivity contribution is 5.90. The molecule has 0 aliphatic carbocycles. The third kappa shape index (κ3) is 2.75. The summed E-state index contributed by atoms with van der Waals surface area (Å²) in [6, 6.07) is 10.9. The highest BCUT2D eigenvalue weighted by Crippen LogP contribution is 2.21. The van der Waals surface area contributed by atoms with Gasteiger partial charge in [-0.15, -0.1) is 0 Å². The number of hydrogen-bond donors (Lipinski definition) is 0. The van der Waals surface area contributed by atoms with Gasteiger partial charge in [-0.1, -0.05) is 12.1 Å². The second kappa shape index (κ2) is 4.87. The Hall–Kier alpha value is -2.03. The van der Waals surface area contributed by atoms with E-state index in [0.29, 0.717) is 5.56 Å². The molecule has 0 aliphatic heterocycles. The van der Waals surface area contributed by atoms with Crippen LogP contribution in [0.3, 0.4) is 0 Å². The van der Waals surface area contributed by atoms with Crippen molar-refractivity contribution in [3.63, 3.8) is 0 Å². The van der Waals surface area contributed by atoms with Gasteiger partial charge in [0.05, 0.1) is 17.9 Å². The number of furan rings is 1. The fraction of sp³-hybridized carbons (Fsp3) is 0.214. The van der Waals surface area contributed by atoms with Gasteiger partial charge in [-0.05, 0) is 38.1 Å². The zero-order valence-corrected chi connectivity index (χ0v) is 9.84. The number of carbonyl (C=O) groups excluding carboxylic acids is 1. The van der Waals surface area contributed by atoms with Gasteiger partial charge in [0.15, 0.2) is 0 Å². The fourth-order valence-corrected chi connectivity index (χ4v) is 1.52. The van der Waals surface area contributed by atoms with Crippen LogP contribution in [0, 0.1) is 0 Å². The van der Waals surface area contributed by atoms with Crippen LogP contribution in [0.4, 0.5) is 0 Å². The molecule has 0 spiro atoms. The molecule has 0 bridgehead atoms. The number of hydrogen-bond acceptors (Lipinski definition) is 3. The number of ether oxygens (including phenoxy) is 1. The van der Waals surface area contributed by atoms with Crippen LogP contribution in [0.1, 0.15) is 24.2 Å². The Balaban J connectivity index is 2.26. The lowest BCUT2D eigenvalue weighted by Gasteiger charge is -2.08. The highest BCUT2D eigenvalue weighted by atomic mass is 16.5. The maximum atomic E-state index is 11.7. The fourth-order valence-electron chi connectivity index (χ4n) is 1.52. The summed E-state index contributed by atoms with van der Waals surface area (Å²) in [6.07, 6.45) is 1.49. The average molecular weight is 230 g/mol. The largest absolute Gasteiger partial charge is 0.464 e. The summed E-state index contributed by atoms with van der Waals surface area (Å²) in [4.78, 5) is 11.7. The van der Waals surface area contributed by atoms with Gasteiger partial charge in [0.1, 0.15) is 5.76 Å². The lowest BCUT2D eigenvalue weighted by molar-refractivity contribution is 0.0378. The molecule has 3 heteroatoms. The summed E-state index contributed by atoms with van der Waals surface area (Å²) in [5, 5.41) is 0. The number of esters is 1. The quantitative estimate of drug-likeness (QED) is 0.757. The van der Waals surface area contributed by atoms with Crippen molar-refractivity contribution in [2.75, 3.05) is 0 Å². The molecule has 0 saturated heterocycles. The average Bonchev–Trinajstić information content (AvgIpc) is 2.82. The van der Waals surface area contributed by atoms with E-state index < -0.39 is 0 Å². The summed E-state index contributed by atoms with van der Waals surface area (Å²) in [5.41, 5.74) is 1.40. The molecule has 1 aromatic carbocycles. The van der Waals surface area contributed by atoms with Gasteiger partial charge in [0.2, 0.25) is 0 Å². The van der Waals surface area contributed by atoms with E-state index in [9.17, 15) is 4.79 Å². The molecule has 2 aromatic rings. The Bertz CT molecular complexity index is 498. The summed E-state index contributed by atoms with van der Waals surface area (Å²) in [7, 11) is 0. The summed E-state index contributed by atoms with van der Waals surface area (Å²) in [6.45, 7) is 3.66. The van der Waals surface area contributed by atoms with Crippen molar-refractivity contribution < 1.29 is 13.9 Å². The van der Waals surface area contributed by atoms with E-state index in [1.165, 1.54) is 0 Å². The minimum Gasteiger partial charge on any atom is -0.464 e. The van der Waals surface area contributed by atoms with Gasteiger partial charge in [-0.3, -0.25) is 0 Å². The molecule has 0 amide bonds. The predicted octanol–water partition coefficient (Wildman–Crippen LogP) is 3.51. The molecule has 1 aromatic heterocycles. The topological polar surface area (TPSA) is 39.4 Å². The Kier molecular flexibility index (Phi) is 3.28. The van der Waals surface area contributed by atoms with Crippen LogP contribution < -0.4 is 0 Å². The van der Waals surface area contributed by atoms with Crippen LogP contribution in [-0.4, -0.2) is 12.1 Å². The van der Waals surface area contributed by atoms with Crippen LogP contribution in [0.5, 0.6) is 0 Å². The lowest BCUT2D eigenvalue weighted by Crippen LogP contribution is -2.11. The van der Waals surface area contributed by atoms with Gasteiger partial charge < -0.3 is 9.15 Å². The van der Waals surface area contributed by atoms with Crippen molar-refractivity contribution >= 4 is 5.97 Å². The highest BCUT2D eigenvalue weighted by Gasteiger charge is 2.10. The standard InChI is InChI=1S/C14H14O3/c1-10(2)17-14(15)12-6-3-5-11(9-12)13-7-4-8-16-13/h3-10H,1-2H3. The third-order valence-corrected chi connectivity index (χ3v) is 2.25. The van der Waals surface area contributed by atoms with E-state index in [-0.39, 0.29) is 12.1 Å². The summed E-state index contributed by atoms with van der Waals surface area (Å²) < 4.78 is 10.4. The maximum Gasteiger partial charge on any atom is 0.338 e. The van der Waals surface area contributed by atoms with Gasteiger partial charge in [0.25, 0.3) is 0 Å². The van der Waals surface area contributed by atoms with Crippen molar-refractivity contribution in [3.05, 3.63) is 48.2 Å². The molecule has 0 radical (unpaired) electrons. The first-order valence-electron chi connectivity index (χ1n) is 5.52. The Morgan fingerprint density at radius 2 is 2.06 bits per heavy atom. The first kappa shape index (κ1) is 11.5. The Morgan fingerprint density at radius 3 is 2.71 bits per heavy atom. The second-order valence-corrected chi connectivity index (χ2v) is 4.01. The smallest absolute Gasteiger partial charge is 0.338 e. The first-order valence-corrected chi connectivity index (χ1v) is 5.52. The molecule has 0 saturated carbocycles. The molecule has 2 rings (SSSR count). The Labute approximate surface area is 100 Å². The van der Waals surface area contributed by atoms with Gasteiger partial charge >= 0.3 is 5.97 Å². The Morgan fingerprint density at radius 1 is 1.24 bits per heavy atom. The summed E-state index contributed by atoms with van der Waals surface area (Å²) >= 11 is 0. The molecule has 3 nitrogen and oxygen atoms in total. The van der Waals surface area contributed by atoms with Gasteiger partial charge in [0, 0.05) is 5.56 Å². The van der Waals surface area contributed by atoms with E-state index in [0.717, 1.165) is 11.3 Å². The van der Waals surface area contributed by atoms with E-state index in [2.05, 4.69) is 0 Å². The van der Waals surface area contributed by atoms with Crippen molar-refractivity contribution in [1.82, 2.24) is 0 Å². The van der Waals surface area contributed by atoms with Crippen LogP contribution in [0.25, 0.3) is 11.3 Å². The number of carbonyl (C=O) groups is 1. The van der Waals surface area contributed by atoms with Crippen LogP contribution >= 0.6 is 0 Å². The van der Waals surface area contributed by atoms with Crippen LogP contribution in [0.2, 0.25) is 0 Å². The molecule has 0 aliphatic rings. The maximum absolute atomic E-state index is 11.7. The molecule has 0 N–H and O–H groups in total. The first-order chi connectivity index (χ1) is 8.16. The van der Waals surface area contributed by atoms with Gasteiger partial charge in [-0.25, -0.2) is 4.79 Å². The SMILES string of the molecule is CC(C)OC(=O)c1cccc(-c2ccco2)c1. The monoisotopic (exact) mass is 230 g/mol. The molecule has 0 fully saturated rings. The minimum atomic E-state index is -0.312. The molecule has 88 valence electrons. The van der Waals surface area contributed by atoms with E-state index in [1.807, 2.05) is 38.1 Å². The zero-order valence-electron chi connectivity index (χ0n) is 9.84. The summed E-state index contributed by atoms with van der Waals surface area (Å²) in [5.74, 6) is 0.428. The van der Waals surface area contributed by atoms with Crippen LogP contribution in [-0.2, 0) is 4.74 Å². The zero-order chi connectivity index (χ0) is 12.3. The predicted molar refractivity (Wildman–Crippen MR) is 64.7 cm³/mol. The van der Waals surface area contributed by atoms with Crippen molar-refractivity contribution in [2.45, 2.75) is 20.0 Å². The van der Waals surface area contributed by atoms with Crippen LogP contribution in [0.15, 0.2) is 47.1 Å². The second-order valence-electron chi connectivity index (χ2n) is 4.01. The van der Waals surface area contributed by atoms with E-state index in [1.54, 1.807) is 18.4 Å². The van der Waals surface area contributed by atoms with E-state index >= 15 is 0 Å².